The zero-order valence-corrected chi connectivity index (χ0v) is 44.7. The maximum Gasteiger partial charge on any atom is 0.315 e. The van der Waals surface area contributed by atoms with Gasteiger partial charge in [-0.3, -0.25) is 4.79 Å². The van der Waals surface area contributed by atoms with Crippen LogP contribution in [0, 0.1) is 50.2 Å². The third-order valence-electron chi connectivity index (χ3n) is 21.1. The first-order valence-electron chi connectivity index (χ1n) is 27.5. The number of hydrogen-bond acceptors (Lipinski definition) is 24. The fourth-order valence-electron chi connectivity index (χ4n) is 16.4. The second-order valence-corrected chi connectivity index (χ2v) is 25.8. The standard InChI is InChI=1S/C53H86O24/c1-48(2)11-13-53(47(69)77-44-37(66)35(64)32(61)26(17-54)71-44)14-12-51(5)22(23(53)15-48)7-8-30-49(3)16-24(58)42(50(4,21-57)29(49)9-10-52(30,51)6)76-46-39(68)41(34(63)28(19-56)73-46)75-45-38(67)40(33(62)27(18-55)72-45)74-43-36(65)31(60)25(59)20-70-43/h7,23-46,54-68H,8-21H2,1-6H3/t23-,24-,25+,26+,27+,28+,29+,30+,31-,32+,33-,34+,35-,36+,37+,38+,39+,40-,41-,42-,43-,44-,45-,46-,49-,50-,51+,52+,53-/m0/s1. The molecule has 0 aromatic rings. The van der Waals surface area contributed by atoms with Crippen LogP contribution in [0.4, 0.5) is 0 Å². The summed E-state index contributed by atoms with van der Waals surface area (Å²) in [7, 11) is 0. The molecule has 0 spiro atoms. The molecule has 29 atom stereocenters. The van der Waals surface area contributed by atoms with Crippen LogP contribution in [0.5, 0.6) is 0 Å². The van der Waals surface area contributed by atoms with Crippen LogP contribution in [0.15, 0.2) is 11.6 Å². The first-order valence-corrected chi connectivity index (χ1v) is 27.5. The molecule has 0 radical (unpaired) electrons. The Bertz CT molecular complexity index is 2120. The fraction of sp³-hybridized carbons (Fsp3) is 0.943. The molecule has 4 aliphatic heterocycles. The summed E-state index contributed by atoms with van der Waals surface area (Å²) in [5.41, 5.74) is -2.67. The Morgan fingerprint density at radius 2 is 1.12 bits per heavy atom. The molecule has 24 nitrogen and oxygen atoms in total. The summed E-state index contributed by atoms with van der Waals surface area (Å²) in [5.74, 6) is -1.18. The first kappa shape index (κ1) is 59.9. The molecular weight excluding hydrogens is 1020 g/mol. The fourth-order valence-corrected chi connectivity index (χ4v) is 16.4. The number of aliphatic hydroxyl groups excluding tert-OH is 15. The van der Waals surface area contributed by atoms with Crippen molar-refractivity contribution in [3.05, 3.63) is 11.6 Å². The minimum atomic E-state index is -1.98. The number of carbonyl (C=O) groups excluding carboxylic acids is 1. The smallest absolute Gasteiger partial charge is 0.315 e. The van der Waals surface area contributed by atoms with E-state index in [0.717, 1.165) is 12.0 Å². The average molecular weight is 1110 g/mol. The highest BCUT2D eigenvalue weighted by molar-refractivity contribution is 5.79. The molecule has 9 aliphatic rings. The van der Waals surface area contributed by atoms with Crippen LogP contribution in [0.2, 0.25) is 0 Å². The van der Waals surface area contributed by atoms with E-state index in [-0.39, 0.29) is 29.6 Å². The highest BCUT2D eigenvalue weighted by Crippen LogP contribution is 2.76. The number of esters is 1. The van der Waals surface area contributed by atoms with Gasteiger partial charge in [0.2, 0.25) is 6.29 Å². The summed E-state index contributed by atoms with van der Waals surface area (Å²) in [6.07, 6.45) is -27.5. The number of rotatable bonds is 12. The van der Waals surface area contributed by atoms with E-state index in [0.29, 0.717) is 44.9 Å². The topological polar surface area (TPSA) is 394 Å². The van der Waals surface area contributed by atoms with E-state index in [1.54, 1.807) is 0 Å². The molecule has 4 saturated carbocycles. The van der Waals surface area contributed by atoms with Crippen LogP contribution in [-0.2, 0) is 42.7 Å². The first-order chi connectivity index (χ1) is 36.1. The van der Waals surface area contributed by atoms with Crippen molar-refractivity contribution in [1.29, 1.82) is 0 Å². The summed E-state index contributed by atoms with van der Waals surface area (Å²) in [6.45, 7) is 9.61. The molecule has 24 heteroatoms. The highest BCUT2D eigenvalue weighted by atomic mass is 16.8. The van der Waals surface area contributed by atoms with Crippen LogP contribution in [-0.4, -0.2) is 245 Å². The van der Waals surface area contributed by atoms with E-state index in [2.05, 4.69) is 40.7 Å². The molecule has 442 valence electrons. The SMILES string of the molecule is CC1(C)CC[C@]2(C(=O)O[C@@H]3O[C@H](CO)[C@@H](O)[C@H](O)[C@H]3O)CC[C@]3(C)C(=CC[C@@H]4[C@@]5(C)C[C@H](O)[C@H](O[C@@H]6O[C@H](CO)[C@@H](O)[C@H](O[C@@H]7O[C@H](CO)[C@H](O)[C@H](O[C@@H]8OC[C@@H](O)[C@H](O)[C@H]8O)[C@H]7O)[C@H]6O)[C@@](C)(CO)[C@@H]5CC[C@]43C)[C@@H]2C1. The summed E-state index contributed by atoms with van der Waals surface area (Å²) < 4.78 is 46.8. The molecule has 0 aromatic heterocycles. The molecule has 5 aliphatic carbocycles. The van der Waals surface area contributed by atoms with Gasteiger partial charge >= 0.3 is 5.97 Å². The molecule has 8 fully saturated rings. The van der Waals surface area contributed by atoms with Crippen LogP contribution in [0.25, 0.3) is 0 Å². The number of allylic oxidation sites excluding steroid dienone is 2. The molecule has 0 unspecified atom stereocenters. The molecule has 0 aromatic carbocycles. The molecule has 4 saturated heterocycles. The Labute approximate surface area is 447 Å². The van der Waals surface area contributed by atoms with Crippen molar-refractivity contribution < 1.29 is 119 Å². The quantitative estimate of drug-likeness (QED) is 0.0513. The second-order valence-electron chi connectivity index (χ2n) is 25.8. The van der Waals surface area contributed by atoms with Gasteiger partial charge in [-0.2, -0.15) is 0 Å². The van der Waals surface area contributed by atoms with Crippen LogP contribution in [0.3, 0.4) is 0 Å². The predicted molar refractivity (Wildman–Crippen MR) is 260 cm³/mol. The summed E-state index contributed by atoms with van der Waals surface area (Å²) in [6, 6.07) is 0. The number of ether oxygens (including phenoxy) is 8. The molecule has 9 rings (SSSR count). The second kappa shape index (κ2) is 21.8. The van der Waals surface area contributed by atoms with Gasteiger partial charge in [0.05, 0.1) is 50.7 Å². The monoisotopic (exact) mass is 1110 g/mol. The van der Waals surface area contributed by atoms with Crippen molar-refractivity contribution >= 4 is 5.97 Å². The van der Waals surface area contributed by atoms with Gasteiger partial charge < -0.3 is 114 Å². The Balaban J connectivity index is 0.948. The zero-order chi connectivity index (χ0) is 56.3. The maximum absolute atomic E-state index is 14.8. The van der Waals surface area contributed by atoms with Gasteiger partial charge in [0, 0.05) is 5.41 Å². The lowest BCUT2D eigenvalue weighted by Crippen LogP contribution is -2.70. The molecule has 0 bridgehead atoms. The van der Waals surface area contributed by atoms with Gasteiger partial charge in [-0.15, -0.1) is 0 Å². The maximum atomic E-state index is 14.8. The predicted octanol–water partition coefficient (Wildman–Crippen LogP) is -3.45. The Kier molecular flexibility index (Phi) is 17.0. The van der Waals surface area contributed by atoms with Gasteiger partial charge in [-0.25, -0.2) is 0 Å². The Morgan fingerprint density at radius 3 is 1.71 bits per heavy atom. The number of carbonyl (C=O) groups is 1. The third-order valence-corrected chi connectivity index (χ3v) is 21.1. The van der Waals surface area contributed by atoms with E-state index in [1.165, 1.54) is 0 Å². The van der Waals surface area contributed by atoms with Gasteiger partial charge in [-0.05, 0) is 97.2 Å². The summed E-state index contributed by atoms with van der Waals surface area (Å²) in [5, 5.41) is 163. The van der Waals surface area contributed by atoms with E-state index >= 15 is 0 Å². The zero-order valence-electron chi connectivity index (χ0n) is 44.7. The molecular formula is C53H86O24. The highest BCUT2D eigenvalue weighted by Gasteiger charge is 2.72. The van der Waals surface area contributed by atoms with Gasteiger partial charge in [0.15, 0.2) is 18.9 Å². The van der Waals surface area contributed by atoms with E-state index < -0.39 is 195 Å². The van der Waals surface area contributed by atoms with Crippen molar-refractivity contribution in [2.45, 2.75) is 228 Å². The van der Waals surface area contributed by atoms with Gasteiger partial charge in [-0.1, -0.05) is 53.2 Å². The molecule has 77 heavy (non-hydrogen) atoms. The largest absolute Gasteiger partial charge is 0.432 e. The van der Waals surface area contributed by atoms with Crippen LogP contribution in [0.1, 0.15) is 99.3 Å². The van der Waals surface area contributed by atoms with Crippen molar-refractivity contribution in [3.63, 3.8) is 0 Å². The minimum absolute atomic E-state index is 0.0575. The third kappa shape index (κ3) is 9.69. The van der Waals surface area contributed by atoms with E-state index in [4.69, 9.17) is 37.9 Å². The molecule has 15 N–H and O–H groups in total. The molecule has 0 amide bonds. The Hall–Kier alpha value is -1.67. The number of fused-ring (bicyclic) bond motifs is 7. The number of aliphatic hydroxyl groups is 15. The van der Waals surface area contributed by atoms with E-state index in [9.17, 15) is 81.4 Å². The lowest BCUT2D eigenvalue weighted by atomic mass is 9.33. The lowest BCUT2D eigenvalue weighted by Gasteiger charge is -2.72. The Morgan fingerprint density at radius 1 is 0.571 bits per heavy atom. The van der Waals surface area contributed by atoms with Crippen molar-refractivity contribution in [3.8, 4) is 0 Å². The van der Waals surface area contributed by atoms with Gasteiger partial charge in [0.25, 0.3) is 0 Å². The van der Waals surface area contributed by atoms with Crippen LogP contribution >= 0.6 is 0 Å². The molecule has 4 heterocycles. The summed E-state index contributed by atoms with van der Waals surface area (Å²) in [4.78, 5) is 14.8. The van der Waals surface area contributed by atoms with Gasteiger partial charge in [0.1, 0.15) is 91.6 Å². The summed E-state index contributed by atoms with van der Waals surface area (Å²) >= 11 is 0. The van der Waals surface area contributed by atoms with Crippen molar-refractivity contribution in [1.82, 2.24) is 0 Å². The minimum Gasteiger partial charge on any atom is -0.432 e. The number of hydrogen-bond donors (Lipinski definition) is 15. The average Bonchev–Trinajstić information content (AvgIpc) is 3.45. The van der Waals surface area contributed by atoms with Crippen molar-refractivity contribution in [2.24, 2.45) is 50.2 Å². The van der Waals surface area contributed by atoms with Crippen molar-refractivity contribution in [2.75, 3.05) is 33.0 Å². The van der Waals surface area contributed by atoms with Crippen LogP contribution < -0.4 is 0 Å². The normalized spacial score (nSPS) is 54.7. The van der Waals surface area contributed by atoms with E-state index in [1.807, 2.05) is 6.92 Å². The lowest BCUT2D eigenvalue weighted by molar-refractivity contribution is -0.385.